The van der Waals surface area contributed by atoms with E-state index in [1.54, 1.807) is 6.07 Å². The molecule has 106 valence electrons. The summed E-state index contributed by atoms with van der Waals surface area (Å²) in [6, 6.07) is 5.31. The fraction of sp³-hybridized carbons (Fsp3) is 0.438. The van der Waals surface area contributed by atoms with Gasteiger partial charge in [0.2, 0.25) is 5.95 Å². The number of rotatable bonds is 3. The number of hydrogen-bond donors (Lipinski definition) is 1. The molecule has 0 amide bonds. The van der Waals surface area contributed by atoms with Crippen molar-refractivity contribution in [3.05, 3.63) is 41.5 Å². The highest BCUT2D eigenvalue weighted by molar-refractivity contribution is 5.58. The average molecular weight is 273 g/mol. The smallest absolute Gasteiger partial charge is 0.207 e. The van der Waals surface area contributed by atoms with Crippen LogP contribution in [0.2, 0.25) is 0 Å². The normalized spacial score (nSPS) is 15.8. The van der Waals surface area contributed by atoms with Crippen molar-refractivity contribution in [2.45, 2.75) is 45.6 Å². The van der Waals surface area contributed by atoms with Crippen LogP contribution in [0.5, 0.6) is 0 Å². The van der Waals surface area contributed by atoms with Crippen LogP contribution in [0, 0.1) is 19.7 Å². The fourth-order valence-electron chi connectivity index (χ4n) is 2.92. The Kier molecular flexibility index (Phi) is 3.47. The highest BCUT2D eigenvalue weighted by Crippen LogP contribution is 2.33. The molecule has 1 fully saturated rings. The molecular weight excluding hydrogens is 253 g/mol. The van der Waals surface area contributed by atoms with Crippen molar-refractivity contribution < 1.29 is 4.39 Å². The second kappa shape index (κ2) is 5.27. The lowest BCUT2D eigenvalue weighted by Gasteiger charge is -2.16. The van der Waals surface area contributed by atoms with Crippen molar-refractivity contribution in [2.75, 3.05) is 5.32 Å². The van der Waals surface area contributed by atoms with E-state index in [2.05, 4.69) is 21.1 Å². The van der Waals surface area contributed by atoms with Crippen molar-refractivity contribution in [1.82, 2.24) is 9.55 Å². The molecule has 0 atom stereocenters. The summed E-state index contributed by atoms with van der Waals surface area (Å²) in [7, 11) is 0. The predicted octanol–water partition coefficient (Wildman–Crippen LogP) is 4.50. The summed E-state index contributed by atoms with van der Waals surface area (Å²) in [4.78, 5) is 4.55. The third-order valence-electron chi connectivity index (χ3n) is 4.02. The molecule has 0 bridgehead atoms. The van der Waals surface area contributed by atoms with E-state index in [9.17, 15) is 4.39 Å². The predicted molar refractivity (Wildman–Crippen MR) is 78.9 cm³/mol. The summed E-state index contributed by atoms with van der Waals surface area (Å²) in [6.07, 6.45) is 7.05. The van der Waals surface area contributed by atoms with Crippen molar-refractivity contribution in [2.24, 2.45) is 0 Å². The van der Waals surface area contributed by atoms with Crippen molar-refractivity contribution in [3.63, 3.8) is 0 Å². The maximum absolute atomic E-state index is 13.4. The number of anilines is 2. The van der Waals surface area contributed by atoms with Gasteiger partial charge in [-0.1, -0.05) is 18.9 Å². The van der Waals surface area contributed by atoms with E-state index in [0.717, 1.165) is 22.9 Å². The maximum Gasteiger partial charge on any atom is 0.207 e. The summed E-state index contributed by atoms with van der Waals surface area (Å²) >= 11 is 0. The lowest BCUT2D eigenvalue weighted by atomic mass is 10.2. The van der Waals surface area contributed by atoms with Gasteiger partial charge in [0, 0.05) is 17.9 Å². The molecule has 0 aliphatic heterocycles. The molecule has 1 aliphatic carbocycles. The Bertz CT molecular complexity index is 612. The van der Waals surface area contributed by atoms with Crippen molar-refractivity contribution in [3.8, 4) is 0 Å². The van der Waals surface area contributed by atoms with Crippen LogP contribution >= 0.6 is 0 Å². The molecule has 1 saturated carbocycles. The molecule has 4 heteroatoms. The molecule has 0 spiro atoms. The summed E-state index contributed by atoms with van der Waals surface area (Å²) in [5.74, 6) is 0.594. The van der Waals surface area contributed by atoms with Crippen LogP contribution in [0.4, 0.5) is 16.0 Å². The number of aromatic nitrogens is 2. The van der Waals surface area contributed by atoms with E-state index in [1.165, 1.54) is 37.8 Å². The van der Waals surface area contributed by atoms with Crippen LogP contribution < -0.4 is 5.32 Å². The standard InChI is InChI=1S/C16H20FN3/c1-11-7-8-13(17)9-15(11)19-16-18-12(2)10-20(16)14-5-3-4-6-14/h7-10,14H,3-6H2,1-2H3,(H,18,19). The first-order chi connectivity index (χ1) is 9.63. The van der Waals surface area contributed by atoms with E-state index in [0.29, 0.717) is 6.04 Å². The number of benzene rings is 1. The molecule has 3 nitrogen and oxygen atoms in total. The van der Waals surface area contributed by atoms with Gasteiger partial charge in [-0.3, -0.25) is 0 Å². The number of nitrogens with zero attached hydrogens (tertiary/aromatic N) is 2. The quantitative estimate of drug-likeness (QED) is 0.892. The molecule has 1 aliphatic rings. The van der Waals surface area contributed by atoms with Crippen molar-refractivity contribution >= 4 is 11.6 Å². The molecular formula is C16H20FN3. The minimum absolute atomic E-state index is 0.228. The Morgan fingerprint density at radius 2 is 2.00 bits per heavy atom. The zero-order valence-electron chi connectivity index (χ0n) is 12.0. The highest BCUT2D eigenvalue weighted by Gasteiger charge is 2.20. The Labute approximate surface area is 118 Å². The number of aryl methyl sites for hydroxylation is 2. The van der Waals surface area contributed by atoms with Gasteiger partial charge < -0.3 is 9.88 Å². The number of hydrogen-bond acceptors (Lipinski definition) is 2. The number of imidazole rings is 1. The maximum atomic E-state index is 13.4. The fourth-order valence-corrected chi connectivity index (χ4v) is 2.92. The zero-order chi connectivity index (χ0) is 14.1. The minimum atomic E-state index is -0.228. The molecule has 1 aromatic heterocycles. The first-order valence-corrected chi connectivity index (χ1v) is 7.22. The van der Waals surface area contributed by atoms with E-state index < -0.39 is 0 Å². The third kappa shape index (κ3) is 2.55. The lowest BCUT2D eigenvalue weighted by molar-refractivity contribution is 0.524. The molecule has 0 saturated heterocycles. The Balaban J connectivity index is 1.92. The van der Waals surface area contributed by atoms with Gasteiger partial charge in [-0.15, -0.1) is 0 Å². The first-order valence-electron chi connectivity index (χ1n) is 7.22. The zero-order valence-corrected chi connectivity index (χ0v) is 12.0. The molecule has 1 heterocycles. The molecule has 3 rings (SSSR count). The second-order valence-electron chi connectivity index (χ2n) is 5.64. The lowest BCUT2D eigenvalue weighted by Crippen LogP contribution is -2.08. The van der Waals surface area contributed by atoms with Gasteiger partial charge in [-0.05, 0) is 44.4 Å². The molecule has 0 radical (unpaired) electrons. The van der Waals surface area contributed by atoms with E-state index >= 15 is 0 Å². The Morgan fingerprint density at radius 3 is 2.75 bits per heavy atom. The summed E-state index contributed by atoms with van der Waals surface area (Å²) < 4.78 is 15.6. The third-order valence-corrected chi connectivity index (χ3v) is 4.02. The number of halogens is 1. The summed E-state index contributed by atoms with van der Waals surface area (Å²) in [6.45, 7) is 3.96. The van der Waals surface area contributed by atoms with Gasteiger partial charge in [-0.25, -0.2) is 9.37 Å². The Hall–Kier alpha value is -1.84. The van der Waals surface area contributed by atoms with Crippen LogP contribution in [0.25, 0.3) is 0 Å². The SMILES string of the molecule is Cc1cn(C2CCCC2)c(Nc2cc(F)ccc2C)n1. The van der Waals surface area contributed by atoms with E-state index in [4.69, 9.17) is 0 Å². The number of nitrogens with one attached hydrogen (secondary N) is 1. The molecule has 2 aromatic rings. The minimum Gasteiger partial charge on any atom is -0.325 e. The van der Waals surface area contributed by atoms with Gasteiger partial charge in [0.05, 0.1) is 5.69 Å². The molecule has 1 aromatic carbocycles. The van der Waals surface area contributed by atoms with E-state index in [1.807, 2.05) is 13.8 Å². The van der Waals surface area contributed by atoms with Gasteiger partial charge in [0.1, 0.15) is 5.82 Å². The van der Waals surface area contributed by atoms with Crippen LogP contribution in [0.1, 0.15) is 43.0 Å². The van der Waals surface area contributed by atoms with Crippen LogP contribution in [-0.2, 0) is 0 Å². The van der Waals surface area contributed by atoms with Crippen molar-refractivity contribution in [1.29, 1.82) is 0 Å². The molecule has 1 N–H and O–H groups in total. The van der Waals surface area contributed by atoms with Crippen LogP contribution in [0.3, 0.4) is 0 Å². The van der Waals surface area contributed by atoms with Crippen LogP contribution in [0.15, 0.2) is 24.4 Å². The molecule has 20 heavy (non-hydrogen) atoms. The summed E-state index contributed by atoms with van der Waals surface area (Å²) in [5.41, 5.74) is 2.80. The van der Waals surface area contributed by atoms with Crippen LogP contribution in [-0.4, -0.2) is 9.55 Å². The highest BCUT2D eigenvalue weighted by atomic mass is 19.1. The largest absolute Gasteiger partial charge is 0.325 e. The monoisotopic (exact) mass is 273 g/mol. The second-order valence-corrected chi connectivity index (χ2v) is 5.64. The summed E-state index contributed by atoms with van der Waals surface area (Å²) in [5, 5.41) is 3.29. The van der Waals surface area contributed by atoms with Gasteiger partial charge >= 0.3 is 0 Å². The molecule has 0 unspecified atom stereocenters. The van der Waals surface area contributed by atoms with Gasteiger partial charge in [-0.2, -0.15) is 0 Å². The average Bonchev–Trinajstić information content (AvgIpc) is 3.03. The van der Waals surface area contributed by atoms with Gasteiger partial charge in [0.25, 0.3) is 0 Å². The Morgan fingerprint density at radius 1 is 1.25 bits per heavy atom. The first kappa shape index (κ1) is 13.2. The van der Waals surface area contributed by atoms with Gasteiger partial charge in [0.15, 0.2) is 0 Å². The van der Waals surface area contributed by atoms with E-state index in [-0.39, 0.29) is 5.82 Å². The topological polar surface area (TPSA) is 29.9 Å².